The van der Waals surface area contributed by atoms with Crippen LogP contribution in [0.1, 0.15) is 38.5 Å². The van der Waals surface area contributed by atoms with Gasteiger partial charge in [-0.25, -0.2) is 0 Å². The normalized spacial score (nSPS) is 31.8. The fraction of sp³-hybridized carbons (Fsp3) is 0.783. The van der Waals surface area contributed by atoms with Gasteiger partial charge in [-0.2, -0.15) is 5.10 Å². The van der Waals surface area contributed by atoms with Crippen LogP contribution in [0, 0.1) is 17.3 Å². The Balaban J connectivity index is 1.28. The Morgan fingerprint density at radius 1 is 1.13 bits per heavy atom. The Labute approximate surface area is 184 Å². The third kappa shape index (κ3) is 4.37. The molecule has 1 N–H and O–H groups in total. The maximum Gasteiger partial charge on any atom is 0.228 e. The summed E-state index contributed by atoms with van der Waals surface area (Å²) in [6.07, 6.45) is 9.57. The van der Waals surface area contributed by atoms with E-state index < -0.39 is 5.41 Å². The molecule has 4 aliphatic rings. The van der Waals surface area contributed by atoms with Gasteiger partial charge in [0.2, 0.25) is 11.8 Å². The molecular formula is C23H35N5O3. The van der Waals surface area contributed by atoms with Crippen molar-refractivity contribution < 1.29 is 14.3 Å². The molecule has 2 aliphatic heterocycles. The minimum atomic E-state index is -0.449. The van der Waals surface area contributed by atoms with Gasteiger partial charge in [0.05, 0.1) is 25.2 Å². The first-order valence-corrected chi connectivity index (χ1v) is 12.0. The predicted octanol–water partition coefficient (Wildman–Crippen LogP) is 1.13. The summed E-state index contributed by atoms with van der Waals surface area (Å²) in [5.41, 5.74) is -0.449. The summed E-state index contributed by atoms with van der Waals surface area (Å²) in [6.45, 7) is 6.24. The van der Waals surface area contributed by atoms with Crippen LogP contribution in [0.5, 0.6) is 0 Å². The van der Waals surface area contributed by atoms with E-state index >= 15 is 0 Å². The molecule has 2 saturated carbocycles. The number of hydrogen-bond donors (Lipinski definition) is 1. The molecule has 31 heavy (non-hydrogen) atoms. The van der Waals surface area contributed by atoms with E-state index in [1.54, 1.807) is 6.20 Å². The van der Waals surface area contributed by atoms with Crippen molar-refractivity contribution in [3.05, 3.63) is 18.5 Å². The van der Waals surface area contributed by atoms with Crippen LogP contribution in [0.25, 0.3) is 0 Å². The van der Waals surface area contributed by atoms with E-state index in [0.717, 1.165) is 71.4 Å². The Bertz CT molecular complexity index is 774. The topological polar surface area (TPSA) is 79.7 Å². The van der Waals surface area contributed by atoms with Gasteiger partial charge < -0.3 is 15.0 Å². The molecule has 170 valence electrons. The maximum atomic E-state index is 13.6. The second-order valence-electron chi connectivity index (χ2n) is 9.78. The SMILES string of the molecule is O=C(C1CC1)N1CC[C@@H]2C[C@@H](N3CCOCC3)CC[C@@]2(C(=O)NCCn2cccn2)C1. The number of carbonyl (C=O) groups is 2. The zero-order valence-corrected chi connectivity index (χ0v) is 18.4. The van der Waals surface area contributed by atoms with Crippen LogP contribution in [-0.2, 0) is 20.9 Å². The molecule has 4 fully saturated rings. The molecule has 3 heterocycles. The number of fused-ring (bicyclic) bond motifs is 1. The second-order valence-corrected chi connectivity index (χ2v) is 9.78. The Morgan fingerprint density at radius 3 is 2.71 bits per heavy atom. The van der Waals surface area contributed by atoms with Crippen molar-refractivity contribution in [2.45, 2.75) is 51.1 Å². The van der Waals surface area contributed by atoms with Gasteiger partial charge in [-0.05, 0) is 50.5 Å². The number of rotatable bonds is 6. The third-order valence-electron chi connectivity index (χ3n) is 7.92. The van der Waals surface area contributed by atoms with Gasteiger partial charge in [0.15, 0.2) is 0 Å². The van der Waals surface area contributed by atoms with Crippen molar-refractivity contribution >= 4 is 11.8 Å². The molecule has 1 aromatic rings. The monoisotopic (exact) mass is 429 g/mol. The van der Waals surface area contributed by atoms with Crippen molar-refractivity contribution in [3.63, 3.8) is 0 Å². The Kier molecular flexibility index (Phi) is 6.01. The van der Waals surface area contributed by atoms with Crippen molar-refractivity contribution in [2.24, 2.45) is 17.3 Å². The van der Waals surface area contributed by atoms with Gasteiger partial charge in [0.1, 0.15) is 0 Å². The van der Waals surface area contributed by atoms with E-state index in [9.17, 15) is 9.59 Å². The van der Waals surface area contributed by atoms with E-state index in [1.807, 2.05) is 21.8 Å². The molecular weight excluding hydrogens is 394 g/mol. The number of carbonyl (C=O) groups excluding carboxylic acids is 2. The molecule has 2 amide bonds. The highest BCUT2D eigenvalue weighted by Crippen LogP contribution is 2.48. The standard InChI is InChI=1S/C23H35N5O3/c29-21(18-2-3-18)27-10-5-19-16-20(26-12-14-31-15-13-26)4-6-23(19,17-27)22(30)24-8-11-28-9-1-7-25-28/h1,7,9,18-20H,2-6,8,10-17H2,(H,24,30)/t19-,20+,23-/m1/s1. The minimum Gasteiger partial charge on any atom is -0.379 e. The van der Waals surface area contributed by atoms with Crippen LogP contribution in [0.2, 0.25) is 0 Å². The highest BCUT2D eigenvalue weighted by molar-refractivity contribution is 5.86. The number of nitrogens with one attached hydrogen (secondary N) is 1. The largest absolute Gasteiger partial charge is 0.379 e. The fourth-order valence-electron chi connectivity index (χ4n) is 5.95. The number of nitrogens with zero attached hydrogens (tertiary/aromatic N) is 4. The van der Waals surface area contributed by atoms with Crippen LogP contribution in [0.4, 0.5) is 0 Å². The zero-order valence-electron chi connectivity index (χ0n) is 18.4. The van der Waals surface area contributed by atoms with Gasteiger partial charge in [0, 0.05) is 57.1 Å². The predicted molar refractivity (Wildman–Crippen MR) is 115 cm³/mol. The summed E-state index contributed by atoms with van der Waals surface area (Å²) in [5.74, 6) is 0.957. The van der Waals surface area contributed by atoms with E-state index in [4.69, 9.17) is 4.74 Å². The first-order chi connectivity index (χ1) is 15.2. The lowest BCUT2D eigenvalue weighted by molar-refractivity contribution is -0.152. The number of morpholine rings is 1. The molecule has 5 rings (SSSR count). The van der Waals surface area contributed by atoms with E-state index in [0.29, 0.717) is 31.6 Å². The molecule has 1 aromatic heterocycles. The van der Waals surface area contributed by atoms with Gasteiger partial charge in [0.25, 0.3) is 0 Å². The number of aromatic nitrogens is 2. The summed E-state index contributed by atoms with van der Waals surface area (Å²) < 4.78 is 7.38. The van der Waals surface area contributed by atoms with E-state index in [-0.39, 0.29) is 17.7 Å². The maximum absolute atomic E-state index is 13.6. The first-order valence-electron chi connectivity index (χ1n) is 12.0. The average Bonchev–Trinajstić information content (AvgIpc) is 3.54. The molecule has 2 saturated heterocycles. The summed E-state index contributed by atoms with van der Waals surface area (Å²) in [7, 11) is 0. The highest BCUT2D eigenvalue weighted by Gasteiger charge is 2.54. The Hall–Kier alpha value is -1.93. The second kappa shape index (κ2) is 8.90. The van der Waals surface area contributed by atoms with Crippen LogP contribution >= 0.6 is 0 Å². The summed E-state index contributed by atoms with van der Waals surface area (Å²) in [6, 6.07) is 2.43. The number of amides is 2. The highest BCUT2D eigenvalue weighted by atomic mass is 16.5. The quantitative estimate of drug-likeness (QED) is 0.733. The summed E-state index contributed by atoms with van der Waals surface area (Å²) in [5, 5.41) is 7.43. The van der Waals surface area contributed by atoms with Crippen molar-refractivity contribution in [3.8, 4) is 0 Å². The minimum absolute atomic E-state index is 0.137. The molecule has 3 atom stereocenters. The Morgan fingerprint density at radius 2 is 1.97 bits per heavy atom. The van der Waals surface area contributed by atoms with Crippen LogP contribution in [-0.4, -0.2) is 83.4 Å². The first kappa shape index (κ1) is 20.9. The number of likely N-dealkylation sites (tertiary alicyclic amines) is 1. The number of hydrogen-bond acceptors (Lipinski definition) is 5. The lowest BCUT2D eigenvalue weighted by Crippen LogP contribution is -2.62. The van der Waals surface area contributed by atoms with Crippen molar-refractivity contribution in [1.29, 1.82) is 0 Å². The van der Waals surface area contributed by atoms with Crippen LogP contribution in [0.3, 0.4) is 0 Å². The van der Waals surface area contributed by atoms with Crippen LogP contribution < -0.4 is 5.32 Å². The van der Waals surface area contributed by atoms with E-state index in [2.05, 4.69) is 15.3 Å². The average molecular weight is 430 g/mol. The number of piperidine rings is 1. The molecule has 0 spiro atoms. The van der Waals surface area contributed by atoms with Crippen LogP contribution in [0.15, 0.2) is 18.5 Å². The molecule has 8 heteroatoms. The van der Waals surface area contributed by atoms with Gasteiger partial charge in [-0.3, -0.25) is 19.2 Å². The molecule has 8 nitrogen and oxygen atoms in total. The van der Waals surface area contributed by atoms with Gasteiger partial charge in [-0.1, -0.05) is 0 Å². The molecule has 0 aromatic carbocycles. The molecule has 0 bridgehead atoms. The summed E-state index contributed by atoms with van der Waals surface area (Å²) >= 11 is 0. The summed E-state index contributed by atoms with van der Waals surface area (Å²) in [4.78, 5) is 31.0. The van der Waals surface area contributed by atoms with Gasteiger partial charge in [-0.15, -0.1) is 0 Å². The lowest BCUT2D eigenvalue weighted by atomic mass is 9.60. The van der Waals surface area contributed by atoms with Crippen molar-refractivity contribution in [2.75, 3.05) is 45.9 Å². The smallest absolute Gasteiger partial charge is 0.228 e. The molecule has 2 aliphatic carbocycles. The molecule has 0 radical (unpaired) electrons. The van der Waals surface area contributed by atoms with Gasteiger partial charge >= 0.3 is 0 Å². The van der Waals surface area contributed by atoms with Crippen molar-refractivity contribution in [1.82, 2.24) is 24.9 Å². The number of ether oxygens (including phenoxy) is 1. The lowest BCUT2D eigenvalue weighted by Gasteiger charge is -2.53. The van der Waals surface area contributed by atoms with E-state index in [1.165, 1.54) is 0 Å². The third-order valence-corrected chi connectivity index (χ3v) is 7.92. The fourth-order valence-corrected chi connectivity index (χ4v) is 5.95. The molecule has 0 unspecified atom stereocenters. The zero-order chi connectivity index (χ0) is 21.3.